The largest absolute Gasteiger partial charge is 0.416 e. The number of H-pyrrole nitrogens is 2. The van der Waals surface area contributed by atoms with E-state index in [1.54, 1.807) is 12.3 Å². The van der Waals surface area contributed by atoms with Gasteiger partial charge in [0, 0.05) is 58.8 Å². The number of anilines is 1. The molecule has 5 rings (SSSR count). The van der Waals surface area contributed by atoms with Gasteiger partial charge < -0.3 is 15.3 Å². The van der Waals surface area contributed by atoms with E-state index in [4.69, 9.17) is 0 Å². The van der Waals surface area contributed by atoms with Crippen molar-refractivity contribution < 1.29 is 18.0 Å². The summed E-state index contributed by atoms with van der Waals surface area (Å²) < 4.78 is 40.5. The Labute approximate surface area is 185 Å². The number of carbonyl (C=O) groups excluding carboxylic acids is 1. The van der Waals surface area contributed by atoms with Gasteiger partial charge in [-0.05, 0) is 54.4 Å². The van der Waals surface area contributed by atoms with Crippen LogP contribution >= 0.6 is 0 Å². The van der Waals surface area contributed by atoms with E-state index in [1.165, 1.54) is 19.2 Å². The van der Waals surface area contributed by atoms with Crippen molar-refractivity contribution in [2.24, 2.45) is 0 Å². The average molecular weight is 449 g/mol. The molecule has 0 aliphatic rings. The van der Waals surface area contributed by atoms with E-state index in [9.17, 15) is 18.0 Å². The summed E-state index contributed by atoms with van der Waals surface area (Å²) >= 11 is 0. The van der Waals surface area contributed by atoms with E-state index < -0.39 is 17.6 Å². The lowest BCUT2D eigenvalue weighted by Crippen LogP contribution is -2.10. The maximum atomic E-state index is 13.5. The molecular formula is C24H18F3N5O. The molecule has 0 atom stereocenters. The van der Waals surface area contributed by atoms with Crippen LogP contribution in [0.25, 0.3) is 44.3 Å². The number of carbonyl (C=O) groups is 1. The number of fused-ring (bicyclic) bond motifs is 2. The first-order valence-corrected chi connectivity index (χ1v) is 10.1. The molecule has 4 heterocycles. The molecule has 0 saturated carbocycles. The van der Waals surface area contributed by atoms with E-state index in [0.29, 0.717) is 16.8 Å². The molecule has 0 fully saturated rings. The third kappa shape index (κ3) is 3.82. The number of nitrogens with one attached hydrogen (secondary N) is 3. The number of benzene rings is 1. The van der Waals surface area contributed by atoms with Gasteiger partial charge >= 0.3 is 6.18 Å². The molecule has 0 aliphatic heterocycles. The Morgan fingerprint density at radius 2 is 1.76 bits per heavy atom. The van der Waals surface area contributed by atoms with Crippen LogP contribution in [0.4, 0.5) is 18.9 Å². The van der Waals surface area contributed by atoms with Crippen LogP contribution in [0.3, 0.4) is 0 Å². The SMILES string of the molecule is CC(=O)Nc1cc(-c2cnc3[nH]cc(-c4ccnc5[nH]c(C)cc45)c3c2)cc(C(F)(F)F)c1. The average Bonchev–Trinajstić information content (AvgIpc) is 3.34. The first kappa shape index (κ1) is 20.7. The van der Waals surface area contributed by atoms with Gasteiger partial charge in [-0.1, -0.05) is 0 Å². The third-order valence-electron chi connectivity index (χ3n) is 5.40. The van der Waals surface area contributed by atoms with Crippen molar-refractivity contribution in [2.45, 2.75) is 20.0 Å². The van der Waals surface area contributed by atoms with Crippen LogP contribution in [0.5, 0.6) is 0 Å². The van der Waals surface area contributed by atoms with Crippen molar-refractivity contribution in [1.29, 1.82) is 0 Å². The number of alkyl halides is 3. The van der Waals surface area contributed by atoms with E-state index >= 15 is 0 Å². The summed E-state index contributed by atoms with van der Waals surface area (Å²) in [5, 5.41) is 4.14. The summed E-state index contributed by atoms with van der Waals surface area (Å²) in [5.41, 5.74) is 4.14. The number of aryl methyl sites for hydroxylation is 1. The van der Waals surface area contributed by atoms with Gasteiger partial charge in [-0.25, -0.2) is 9.97 Å². The highest BCUT2D eigenvalue weighted by atomic mass is 19.4. The second-order valence-electron chi connectivity index (χ2n) is 7.87. The smallest absolute Gasteiger partial charge is 0.346 e. The summed E-state index contributed by atoms with van der Waals surface area (Å²) in [6.07, 6.45) is 0.483. The Balaban J connectivity index is 1.69. The van der Waals surface area contributed by atoms with E-state index in [2.05, 4.69) is 25.3 Å². The first-order chi connectivity index (χ1) is 15.7. The summed E-state index contributed by atoms with van der Waals surface area (Å²) in [6.45, 7) is 3.19. The molecular weight excluding hydrogens is 431 g/mol. The number of aromatic amines is 2. The number of amides is 1. The Bertz CT molecular complexity index is 1530. The molecule has 0 bridgehead atoms. The highest BCUT2D eigenvalue weighted by molar-refractivity contribution is 6.03. The first-order valence-electron chi connectivity index (χ1n) is 10.1. The Kier molecular flexibility index (Phi) is 4.70. The molecule has 1 amide bonds. The number of hydrogen-bond acceptors (Lipinski definition) is 3. The summed E-state index contributed by atoms with van der Waals surface area (Å²) in [6, 6.07) is 9.17. The van der Waals surface area contributed by atoms with E-state index in [1.807, 2.05) is 25.3 Å². The molecule has 33 heavy (non-hydrogen) atoms. The van der Waals surface area contributed by atoms with Crippen molar-refractivity contribution in [1.82, 2.24) is 19.9 Å². The predicted molar refractivity (Wildman–Crippen MR) is 121 cm³/mol. The zero-order valence-electron chi connectivity index (χ0n) is 17.6. The van der Waals surface area contributed by atoms with Crippen LogP contribution in [0, 0.1) is 6.92 Å². The summed E-state index contributed by atoms with van der Waals surface area (Å²) in [4.78, 5) is 26.6. The van der Waals surface area contributed by atoms with Crippen LogP contribution < -0.4 is 5.32 Å². The second-order valence-corrected chi connectivity index (χ2v) is 7.87. The molecule has 9 heteroatoms. The van der Waals surface area contributed by atoms with Gasteiger partial charge in [-0.2, -0.15) is 13.2 Å². The Morgan fingerprint density at radius 1 is 0.970 bits per heavy atom. The van der Waals surface area contributed by atoms with E-state index in [-0.39, 0.29) is 5.69 Å². The molecule has 0 saturated heterocycles. The normalized spacial score (nSPS) is 11.9. The second kappa shape index (κ2) is 7.47. The molecule has 0 aliphatic carbocycles. The van der Waals surface area contributed by atoms with Gasteiger partial charge in [-0.15, -0.1) is 0 Å². The number of aromatic nitrogens is 4. The van der Waals surface area contributed by atoms with Crippen molar-refractivity contribution in [3.8, 4) is 22.3 Å². The summed E-state index contributed by atoms with van der Waals surface area (Å²) in [7, 11) is 0. The molecule has 166 valence electrons. The highest BCUT2D eigenvalue weighted by Crippen LogP contribution is 2.37. The van der Waals surface area contributed by atoms with Crippen molar-refractivity contribution in [3.63, 3.8) is 0 Å². The standard InChI is InChI=1S/C24H18F3N5O/c1-12-5-19-18(3-4-28-23(19)31-12)21-11-30-22-20(21)8-15(10-29-22)14-6-16(24(25,26)27)9-17(7-14)32-13(2)33/h3-11H,1-2H3,(H,28,31)(H,29,30)(H,32,33). The molecule has 6 nitrogen and oxygen atoms in total. The minimum absolute atomic E-state index is 0.0698. The lowest BCUT2D eigenvalue weighted by molar-refractivity contribution is -0.137. The fraction of sp³-hybridized carbons (Fsp3) is 0.125. The number of nitrogens with zero attached hydrogens (tertiary/aromatic N) is 2. The van der Waals surface area contributed by atoms with Crippen LogP contribution in [-0.4, -0.2) is 25.8 Å². The maximum Gasteiger partial charge on any atom is 0.416 e. The molecule has 0 radical (unpaired) electrons. The molecule has 5 aromatic rings. The Hall–Kier alpha value is -4.14. The van der Waals surface area contributed by atoms with Gasteiger partial charge in [0.25, 0.3) is 0 Å². The maximum absolute atomic E-state index is 13.5. The van der Waals surface area contributed by atoms with Crippen molar-refractivity contribution in [3.05, 3.63) is 66.2 Å². The zero-order chi connectivity index (χ0) is 23.3. The highest BCUT2D eigenvalue weighted by Gasteiger charge is 2.31. The van der Waals surface area contributed by atoms with Crippen LogP contribution in [-0.2, 0) is 11.0 Å². The minimum Gasteiger partial charge on any atom is -0.346 e. The minimum atomic E-state index is -4.56. The van der Waals surface area contributed by atoms with Crippen molar-refractivity contribution in [2.75, 3.05) is 5.32 Å². The number of pyridine rings is 2. The fourth-order valence-corrected chi connectivity index (χ4v) is 4.01. The van der Waals surface area contributed by atoms with Crippen LogP contribution in [0.1, 0.15) is 18.2 Å². The molecule has 3 N–H and O–H groups in total. The van der Waals surface area contributed by atoms with Gasteiger partial charge in [0.2, 0.25) is 5.91 Å². The quantitative estimate of drug-likeness (QED) is 0.313. The number of rotatable bonds is 3. The van der Waals surface area contributed by atoms with Gasteiger partial charge in [0.05, 0.1) is 5.56 Å². The zero-order valence-corrected chi connectivity index (χ0v) is 17.6. The van der Waals surface area contributed by atoms with E-state index in [0.717, 1.165) is 45.4 Å². The topological polar surface area (TPSA) is 86.5 Å². The fourth-order valence-electron chi connectivity index (χ4n) is 4.01. The van der Waals surface area contributed by atoms with Gasteiger partial charge in [-0.3, -0.25) is 4.79 Å². The lowest BCUT2D eigenvalue weighted by Gasteiger charge is -2.13. The molecule has 0 unspecified atom stereocenters. The molecule has 1 aromatic carbocycles. The van der Waals surface area contributed by atoms with Crippen LogP contribution in [0.2, 0.25) is 0 Å². The number of hydrogen-bond donors (Lipinski definition) is 3. The lowest BCUT2D eigenvalue weighted by atomic mass is 9.99. The molecule has 0 spiro atoms. The van der Waals surface area contributed by atoms with Gasteiger partial charge in [0.1, 0.15) is 11.3 Å². The molecule has 4 aromatic heterocycles. The van der Waals surface area contributed by atoms with Crippen molar-refractivity contribution >= 4 is 33.7 Å². The number of halogens is 3. The van der Waals surface area contributed by atoms with Gasteiger partial charge in [0.15, 0.2) is 0 Å². The summed E-state index contributed by atoms with van der Waals surface area (Å²) in [5.74, 6) is -0.453. The predicted octanol–water partition coefficient (Wildman–Crippen LogP) is 6.06. The third-order valence-corrected chi connectivity index (χ3v) is 5.40. The Morgan fingerprint density at radius 3 is 2.52 bits per heavy atom. The van der Waals surface area contributed by atoms with Crippen LogP contribution in [0.15, 0.2) is 55.0 Å². The monoisotopic (exact) mass is 449 g/mol.